The fourth-order valence-electron chi connectivity index (χ4n) is 1.33. The maximum Gasteiger partial charge on any atom is 0.310 e. The Morgan fingerprint density at radius 1 is 1.44 bits per heavy atom. The van der Waals surface area contributed by atoms with Crippen molar-refractivity contribution in [2.24, 2.45) is 0 Å². The molecule has 16 heavy (non-hydrogen) atoms. The summed E-state index contributed by atoms with van der Waals surface area (Å²) in [4.78, 5) is 11.2. The van der Waals surface area contributed by atoms with Gasteiger partial charge < -0.3 is 5.11 Å². The molecule has 0 saturated carbocycles. The molecule has 7 heteroatoms. The Hall–Kier alpha value is -1.50. The lowest BCUT2D eigenvalue weighted by Gasteiger charge is -2.13. The van der Waals surface area contributed by atoms with Crippen LogP contribution in [-0.4, -0.2) is 30.9 Å². The predicted octanol–water partition coefficient (Wildman–Crippen LogP) is 1.11. The molecule has 0 radical (unpaired) electrons. The zero-order valence-corrected chi connectivity index (χ0v) is 10.1. The quantitative estimate of drug-likeness (QED) is 0.850. The molecule has 2 rings (SSSR count). The van der Waals surface area contributed by atoms with Gasteiger partial charge in [0.1, 0.15) is 5.01 Å². The number of aromatic nitrogens is 4. The SMILES string of the molecule is CC(C)(C)c1nnc2sc(CC(=O)O)nn12. The highest BCUT2D eigenvalue weighted by molar-refractivity contribution is 7.16. The molecule has 0 aliphatic rings. The van der Waals surface area contributed by atoms with Crippen LogP contribution < -0.4 is 0 Å². The maximum atomic E-state index is 10.6. The van der Waals surface area contributed by atoms with Crippen molar-refractivity contribution in [2.45, 2.75) is 32.6 Å². The van der Waals surface area contributed by atoms with E-state index in [9.17, 15) is 4.79 Å². The summed E-state index contributed by atoms with van der Waals surface area (Å²) in [5.74, 6) is -0.141. The van der Waals surface area contributed by atoms with Crippen molar-refractivity contribution < 1.29 is 9.90 Å². The summed E-state index contributed by atoms with van der Waals surface area (Å²) in [6.45, 7) is 6.04. The summed E-state index contributed by atoms with van der Waals surface area (Å²) in [7, 11) is 0. The molecule has 0 unspecified atom stereocenters. The Balaban J connectivity index is 2.47. The van der Waals surface area contributed by atoms with Gasteiger partial charge in [-0.1, -0.05) is 32.1 Å². The number of aliphatic carboxylic acids is 1. The molecule has 6 nitrogen and oxygen atoms in total. The molecule has 0 saturated heterocycles. The number of carbonyl (C=O) groups is 1. The molecule has 1 N–H and O–H groups in total. The smallest absolute Gasteiger partial charge is 0.310 e. The zero-order valence-electron chi connectivity index (χ0n) is 9.26. The molecule has 0 fully saturated rings. The third-order valence-corrected chi connectivity index (χ3v) is 2.90. The van der Waals surface area contributed by atoms with Gasteiger partial charge in [-0.2, -0.15) is 9.61 Å². The van der Waals surface area contributed by atoms with E-state index in [2.05, 4.69) is 15.3 Å². The van der Waals surface area contributed by atoms with Gasteiger partial charge in [-0.15, -0.1) is 10.2 Å². The third kappa shape index (κ3) is 1.90. The topological polar surface area (TPSA) is 80.4 Å². The zero-order chi connectivity index (χ0) is 11.9. The number of rotatable bonds is 2. The number of carboxylic acids is 1. The van der Waals surface area contributed by atoms with Crippen LogP contribution in [0, 0.1) is 0 Å². The number of fused-ring (bicyclic) bond motifs is 1. The average molecular weight is 240 g/mol. The normalized spacial score (nSPS) is 12.2. The molecular weight excluding hydrogens is 228 g/mol. The standard InChI is InChI=1S/C9H12N4O2S/c1-9(2,3)7-10-11-8-13(7)12-5(16-8)4-6(14)15/h4H2,1-3H3,(H,14,15). The molecule has 2 aromatic rings. The molecule has 0 spiro atoms. The van der Waals surface area contributed by atoms with Crippen LogP contribution in [0.1, 0.15) is 31.6 Å². The van der Waals surface area contributed by atoms with Crippen molar-refractivity contribution in [1.29, 1.82) is 0 Å². The number of hydrogen-bond acceptors (Lipinski definition) is 5. The second-order valence-electron chi connectivity index (χ2n) is 4.53. The third-order valence-electron chi connectivity index (χ3n) is 2.01. The van der Waals surface area contributed by atoms with Crippen molar-refractivity contribution in [1.82, 2.24) is 19.8 Å². The summed E-state index contributed by atoms with van der Waals surface area (Å²) in [6.07, 6.45) is -0.0718. The Labute approximate surface area is 95.9 Å². The molecule has 2 heterocycles. The lowest BCUT2D eigenvalue weighted by atomic mass is 9.96. The van der Waals surface area contributed by atoms with E-state index in [1.54, 1.807) is 4.52 Å². The van der Waals surface area contributed by atoms with Crippen LogP contribution in [-0.2, 0) is 16.6 Å². The van der Waals surface area contributed by atoms with Gasteiger partial charge in [0.05, 0.1) is 6.42 Å². The van der Waals surface area contributed by atoms with E-state index < -0.39 is 5.97 Å². The second kappa shape index (κ2) is 3.51. The first-order valence-electron chi connectivity index (χ1n) is 4.81. The van der Waals surface area contributed by atoms with Crippen LogP contribution in [0.4, 0.5) is 0 Å². The van der Waals surface area contributed by atoms with Crippen molar-refractivity contribution >= 4 is 22.3 Å². The number of hydrogen-bond donors (Lipinski definition) is 1. The Kier molecular flexibility index (Phi) is 2.42. The van der Waals surface area contributed by atoms with E-state index in [1.807, 2.05) is 20.8 Å². The minimum Gasteiger partial charge on any atom is -0.481 e. The van der Waals surface area contributed by atoms with E-state index in [4.69, 9.17) is 5.11 Å². The first kappa shape index (κ1) is 11.0. The van der Waals surface area contributed by atoms with Crippen LogP contribution in [0.25, 0.3) is 4.96 Å². The van der Waals surface area contributed by atoms with E-state index >= 15 is 0 Å². The summed E-state index contributed by atoms with van der Waals surface area (Å²) < 4.78 is 1.63. The van der Waals surface area contributed by atoms with E-state index in [0.29, 0.717) is 9.97 Å². The molecule has 0 aromatic carbocycles. The second-order valence-corrected chi connectivity index (χ2v) is 5.57. The van der Waals surface area contributed by atoms with Crippen molar-refractivity contribution in [2.75, 3.05) is 0 Å². The first-order chi connectivity index (χ1) is 7.38. The van der Waals surface area contributed by atoms with Gasteiger partial charge in [-0.3, -0.25) is 4.79 Å². The van der Waals surface area contributed by atoms with Crippen molar-refractivity contribution in [3.8, 4) is 0 Å². The van der Waals surface area contributed by atoms with Gasteiger partial charge in [-0.25, -0.2) is 0 Å². The fourth-order valence-corrected chi connectivity index (χ4v) is 2.15. The van der Waals surface area contributed by atoms with Crippen LogP contribution in [0.2, 0.25) is 0 Å². The van der Waals surface area contributed by atoms with Gasteiger partial charge in [0.2, 0.25) is 4.96 Å². The number of nitrogens with zero attached hydrogens (tertiary/aromatic N) is 4. The first-order valence-corrected chi connectivity index (χ1v) is 5.63. The lowest BCUT2D eigenvalue weighted by molar-refractivity contribution is -0.136. The van der Waals surface area contributed by atoms with Crippen LogP contribution in [0.15, 0.2) is 0 Å². The summed E-state index contributed by atoms with van der Waals surface area (Å²) in [6, 6.07) is 0. The molecule has 0 bridgehead atoms. The largest absolute Gasteiger partial charge is 0.481 e. The van der Waals surface area contributed by atoms with Crippen molar-refractivity contribution in [3.05, 3.63) is 10.8 Å². The highest BCUT2D eigenvalue weighted by atomic mass is 32.1. The van der Waals surface area contributed by atoms with Crippen molar-refractivity contribution in [3.63, 3.8) is 0 Å². The fraction of sp³-hybridized carbons (Fsp3) is 0.556. The summed E-state index contributed by atoms with van der Waals surface area (Å²) >= 11 is 1.26. The molecule has 2 aromatic heterocycles. The van der Waals surface area contributed by atoms with Crippen LogP contribution in [0.5, 0.6) is 0 Å². The molecule has 0 aliphatic heterocycles. The van der Waals surface area contributed by atoms with E-state index in [0.717, 1.165) is 5.82 Å². The van der Waals surface area contributed by atoms with E-state index in [-0.39, 0.29) is 11.8 Å². The highest BCUT2D eigenvalue weighted by Crippen LogP contribution is 2.23. The minimum atomic E-state index is -0.887. The Morgan fingerprint density at radius 2 is 2.12 bits per heavy atom. The maximum absolute atomic E-state index is 10.6. The van der Waals surface area contributed by atoms with Gasteiger partial charge in [0.25, 0.3) is 0 Å². The Morgan fingerprint density at radius 3 is 2.69 bits per heavy atom. The molecule has 0 aliphatic carbocycles. The predicted molar refractivity (Wildman–Crippen MR) is 58.7 cm³/mol. The van der Waals surface area contributed by atoms with Gasteiger partial charge >= 0.3 is 5.97 Å². The minimum absolute atomic E-state index is 0.0718. The van der Waals surface area contributed by atoms with Crippen LogP contribution in [0.3, 0.4) is 0 Å². The molecule has 86 valence electrons. The average Bonchev–Trinajstić information content (AvgIpc) is 2.57. The van der Waals surface area contributed by atoms with Gasteiger partial charge in [0.15, 0.2) is 5.82 Å². The van der Waals surface area contributed by atoms with Crippen LogP contribution >= 0.6 is 11.3 Å². The highest BCUT2D eigenvalue weighted by Gasteiger charge is 2.23. The monoisotopic (exact) mass is 240 g/mol. The van der Waals surface area contributed by atoms with Gasteiger partial charge in [0, 0.05) is 5.41 Å². The lowest BCUT2D eigenvalue weighted by Crippen LogP contribution is -2.16. The Bertz CT molecular complexity index is 537. The number of carboxylic acid groups (broad SMARTS) is 1. The van der Waals surface area contributed by atoms with E-state index in [1.165, 1.54) is 11.3 Å². The molecular formula is C9H12N4O2S. The summed E-state index contributed by atoms with van der Waals surface area (Å²) in [5.41, 5.74) is -0.159. The molecule has 0 atom stereocenters. The molecule has 0 amide bonds. The van der Waals surface area contributed by atoms with Gasteiger partial charge in [-0.05, 0) is 0 Å². The summed E-state index contributed by atoms with van der Waals surface area (Å²) in [5, 5.41) is 21.5.